The Hall–Kier alpha value is -1.24. The zero-order valence-corrected chi connectivity index (χ0v) is 14.3. The summed E-state index contributed by atoms with van der Waals surface area (Å²) in [7, 11) is 0. The van der Waals surface area contributed by atoms with Gasteiger partial charge in [-0.1, -0.05) is 13.0 Å². The molecule has 0 unspecified atom stereocenters. The first kappa shape index (κ1) is 15.6. The highest BCUT2D eigenvalue weighted by Gasteiger charge is 2.30. The van der Waals surface area contributed by atoms with Gasteiger partial charge in [-0.2, -0.15) is 0 Å². The molecule has 6 heteroatoms. The van der Waals surface area contributed by atoms with Crippen molar-refractivity contribution in [1.29, 1.82) is 0 Å². The van der Waals surface area contributed by atoms with Crippen LogP contribution in [0.1, 0.15) is 25.5 Å². The van der Waals surface area contributed by atoms with Crippen LogP contribution < -0.4 is 5.73 Å². The van der Waals surface area contributed by atoms with E-state index in [1.165, 1.54) is 0 Å². The molecule has 3 heterocycles. The number of thiophene rings is 1. The molecule has 2 N–H and O–H groups in total. The van der Waals surface area contributed by atoms with Crippen LogP contribution in [0.25, 0.3) is 9.88 Å². The van der Waals surface area contributed by atoms with Gasteiger partial charge in [0.05, 0.1) is 17.0 Å². The van der Waals surface area contributed by atoms with Crippen LogP contribution in [0.4, 0.5) is 0 Å². The Morgan fingerprint density at radius 2 is 2.36 bits per heavy atom. The minimum absolute atomic E-state index is 0.157. The molecule has 22 heavy (non-hydrogen) atoms. The standard InChI is InChI=1S/C16H21N3OS2/c1-11-4-2-6-19(13(11)9-17)15(20)8-12-10-22-16(18-12)14-5-3-7-21-14/h3,5,7,10-11,13H,2,4,6,8-9,17H2,1H3/t11-,13-/m1/s1. The van der Waals surface area contributed by atoms with Crippen molar-refractivity contribution < 1.29 is 4.79 Å². The smallest absolute Gasteiger partial charge is 0.228 e. The van der Waals surface area contributed by atoms with E-state index in [-0.39, 0.29) is 11.9 Å². The van der Waals surface area contributed by atoms with Crippen LogP contribution in [-0.4, -0.2) is 34.9 Å². The minimum atomic E-state index is 0.157. The van der Waals surface area contributed by atoms with Gasteiger partial charge < -0.3 is 10.6 Å². The van der Waals surface area contributed by atoms with Crippen LogP contribution in [0.5, 0.6) is 0 Å². The summed E-state index contributed by atoms with van der Waals surface area (Å²) in [6.07, 6.45) is 2.61. The van der Waals surface area contributed by atoms with Gasteiger partial charge in [-0.25, -0.2) is 4.98 Å². The lowest BCUT2D eigenvalue weighted by Crippen LogP contribution is -2.51. The largest absolute Gasteiger partial charge is 0.338 e. The molecule has 1 amide bonds. The van der Waals surface area contributed by atoms with E-state index < -0.39 is 0 Å². The number of nitrogens with two attached hydrogens (primary N) is 1. The van der Waals surface area contributed by atoms with E-state index in [9.17, 15) is 4.79 Å². The van der Waals surface area contributed by atoms with Gasteiger partial charge in [0.1, 0.15) is 5.01 Å². The summed E-state index contributed by atoms with van der Waals surface area (Å²) in [5, 5.41) is 5.04. The van der Waals surface area contributed by atoms with Crippen LogP contribution in [0.15, 0.2) is 22.9 Å². The second kappa shape index (κ2) is 6.89. The van der Waals surface area contributed by atoms with Crippen molar-refractivity contribution in [3.8, 4) is 9.88 Å². The first-order chi connectivity index (χ1) is 10.7. The number of hydrogen-bond acceptors (Lipinski definition) is 5. The third kappa shape index (κ3) is 3.24. The maximum atomic E-state index is 12.6. The lowest BCUT2D eigenvalue weighted by molar-refractivity contribution is -0.135. The van der Waals surface area contributed by atoms with E-state index in [4.69, 9.17) is 5.73 Å². The molecular weight excluding hydrogens is 314 g/mol. The van der Waals surface area contributed by atoms with Gasteiger partial charge in [-0.15, -0.1) is 22.7 Å². The fourth-order valence-electron chi connectivity index (χ4n) is 3.08. The summed E-state index contributed by atoms with van der Waals surface area (Å²) < 4.78 is 0. The van der Waals surface area contributed by atoms with Crippen molar-refractivity contribution in [3.05, 3.63) is 28.6 Å². The van der Waals surface area contributed by atoms with Crippen LogP contribution in [0, 0.1) is 5.92 Å². The van der Waals surface area contributed by atoms with E-state index in [0.717, 1.165) is 35.0 Å². The molecule has 1 aliphatic rings. The molecule has 0 aromatic carbocycles. The number of piperidine rings is 1. The van der Waals surface area contributed by atoms with Crippen molar-refractivity contribution >= 4 is 28.6 Å². The van der Waals surface area contributed by atoms with Gasteiger partial charge in [0, 0.05) is 24.5 Å². The van der Waals surface area contributed by atoms with Gasteiger partial charge in [0.2, 0.25) is 5.91 Å². The second-order valence-electron chi connectivity index (χ2n) is 5.81. The molecule has 0 saturated carbocycles. The van der Waals surface area contributed by atoms with E-state index >= 15 is 0 Å². The highest BCUT2D eigenvalue weighted by molar-refractivity contribution is 7.20. The highest BCUT2D eigenvalue weighted by atomic mass is 32.1. The number of thiazole rings is 1. The van der Waals surface area contributed by atoms with Gasteiger partial charge in [0.15, 0.2) is 0 Å². The molecule has 1 fully saturated rings. The first-order valence-electron chi connectivity index (χ1n) is 7.67. The lowest BCUT2D eigenvalue weighted by Gasteiger charge is -2.39. The highest BCUT2D eigenvalue weighted by Crippen LogP contribution is 2.28. The average molecular weight is 335 g/mol. The summed E-state index contributed by atoms with van der Waals surface area (Å²) in [5.74, 6) is 0.643. The zero-order chi connectivity index (χ0) is 15.5. The molecule has 4 nitrogen and oxygen atoms in total. The second-order valence-corrected chi connectivity index (χ2v) is 7.61. The topological polar surface area (TPSA) is 59.2 Å². The number of rotatable bonds is 4. The molecule has 0 bridgehead atoms. The molecular formula is C16H21N3OS2. The van der Waals surface area contributed by atoms with Crippen molar-refractivity contribution in [2.24, 2.45) is 11.7 Å². The van der Waals surface area contributed by atoms with Crippen LogP contribution in [0.3, 0.4) is 0 Å². The third-order valence-corrected chi connectivity index (χ3v) is 6.22. The first-order valence-corrected chi connectivity index (χ1v) is 9.42. The molecule has 2 aromatic heterocycles. The van der Waals surface area contributed by atoms with E-state index in [2.05, 4.69) is 18.0 Å². The SMILES string of the molecule is C[C@@H]1CCCN(C(=O)Cc2csc(-c3cccs3)n2)[C@@H]1CN. The Kier molecular flexibility index (Phi) is 4.90. The van der Waals surface area contributed by atoms with Gasteiger partial charge >= 0.3 is 0 Å². The molecule has 2 aromatic rings. The quantitative estimate of drug-likeness (QED) is 0.934. The van der Waals surface area contributed by atoms with Crippen LogP contribution in [0.2, 0.25) is 0 Å². The summed E-state index contributed by atoms with van der Waals surface area (Å²) in [5.41, 5.74) is 6.75. The molecule has 0 spiro atoms. The van der Waals surface area contributed by atoms with E-state index in [1.54, 1.807) is 22.7 Å². The van der Waals surface area contributed by atoms with Crippen molar-refractivity contribution in [1.82, 2.24) is 9.88 Å². The Labute approximate surface area is 139 Å². The normalized spacial score (nSPS) is 22.0. The maximum Gasteiger partial charge on any atom is 0.228 e. The molecule has 2 atom stereocenters. The van der Waals surface area contributed by atoms with Crippen LogP contribution >= 0.6 is 22.7 Å². The summed E-state index contributed by atoms with van der Waals surface area (Å²) in [6.45, 7) is 3.56. The van der Waals surface area contributed by atoms with E-state index in [1.807, 2.05) is 21.7 Å². The number of aromatic nitrogens is 1. The Morgan fingerprint density at radius 1 is 1.50 bits per heavy atom. The van der Waals surface area contributed by atoms with Crippen molar-refractivity contribution in [2.75, 3.05) is 13.1 Å². The molecule has 118 valence electrons. The van der Waals surface area contributed by atoms with Gasteiger partial charge in [-0.05, 0) is 30.2 Å². The molecule has 0 radical (unpaired) electrons. The lowest BCUT2D eigenvalue weighted by atomic mass is 9.90. The third-order valence-electron chi connectivity index (χ3n) is 4.29. The Balaban J connectivity index is 1.69. The molecule has 3 rings (SSSR count). The molecule has 0 aliphatic carbocycles. The summed E-state index contributed by atoms with van der Waals surface area (Å²) in [4.78, 5) is 20.4. The molecule has 1 aliphatic heterocycles. The van der Waals surface area contributed by atoms with Crippen molar-refractivity contribution in [3.63, 3.8) is 0 Å². The van der Waals surface area contributed by atoms with E-state index in [0.29, 0.717) is 18.9 Å². The molecule has 1 saturated heterocycles. The monoisotopic (exact) mass is 335 g/mol. The predicted molar refractivity (Wildman–Crippen MR) is 92.1 cm³/mol. The Morgan fingerprint density at radius 3 is 3.09 bits per heavy atom. The predicted octanol–water partition coefficient (Wildman–Crippen LogP) is 3.00. The number of likely N-dealkylation sites (tertiary alicyclic amines) is 1. The zero-order valence-electron chi connectivity index (χ0n) is 12.7. The van der Waals surface area contributed by atoms with Crippen LogP contribution in [-0.2, 0) is 11.2 Å². The fourth-order valence-corrected chi connectivity index (χ4v) is 4.71. The van der Waals surface area contributed by atoms with Crippen molar-refractivity contribution in [2.45, 2.75) is 32.2 Å². The fraction of sp³-hybridized carbons (Fsp3) is 0.500. The minimum Gasteiger partial charge on any atom is -0.338 e. The number of carbonyl (C=O) groups excluding carboxylic acids is 1. The number of nitrogens with zero attached hydrogens (tertiary/aromatic N) is 2. The number of hydrogen-bond donors (Lipinski definition) is 1. The maximum absolute atomic E-state index is 12.6. The summed E-state index contributed by atoms with van der Waals surface area (Å²) in [6, 6.07) is 4.26. The summed E-state index contributed by atoms with van der Waals surface area (Å²) >= 11 is 3.28. The Bertz CT molecular complexity index is 623. The van der Waals surface area contributed by atoms with Gasteiger partial charge in [-0.3, -0.25) is 4.79 Å². The average Bonchev–Trinajstić information content (AvgIpc) is 3.17. The number of amides is 1. The van der Waals surface area contributed by atoms with Gasteiger partial charge in [0.25, 0.3) is 0 Å². The number of carbonyl (C=O) groups is 1.